The molecule has 1 heterocycles. The SMILES string of the molecule is O=C(COc1ccc(Cl)cc1)NN=Cc1cn(-c2ccccc2)nc1-c1ccc(OCc2ccccc2)cc1. The second-order valence-corrected chi connectivity index (χ2v) is 8.98. The van der Waals surface area contributed by atoms with E-state index in [1.165, 1.54) is 0 Å². The average Bonchev–Trinajstić information content (AvgIpc) is 3.41. The third-order valence-corrected chi connectivity index (χ3v) is 5.97. The van der Waals surface area contributed by atoms with Crippen molar-refractivity contribution in [3.63, 3.8) is 0 Å². The lowest BCUT2D eigenvalue weighted by molar-refractivity contribution is -0.123. The van der Waals surface area contributed by atoms with Gasteiger partial charge < -0.3 is 9.47 Å². The molecule has 39 heavy (non-hydrogen) atoms. The van der Waals surface area contributed by atoms with Gasteiger partial charge in [0, 0.05) is 22.3 Å². The predicted molar refractivity (Wildman–Crippen MR) is 152 cm³/mol. The summed E-state index contributed by atoms with van der Waals surface area (Å²) >= 11 is 5.88. The molecule has 0 saturated carbocycles. The molecular weight excluding hydrogens is 512 g/mol. The number of para-hydroxylation sites is 1. The summed E-state index contributed by atoms with van der Waals surface area (Å²) in [5.41, 5.74) is 6.84. The zero-order valence-electron chi connectivity index (χ0n) is 20.9. The molecule has 5 aromatic rings. The van der Waals surface area contributed by atoms with Crippen LogP contribution in [0.5, 0.6) is 11.5 Å². The molecule has 8 heteroatoms. The third kappa shape index (κ3) is 7.12. The molecule has 1 aromatic heterocycles. The van der Waals surface area contributed by atoms with Gasteiger partial charge in [0.1, 0.15) is 23.8 Å². The van der Waals surface area contributed by atoms with Gasteiger partial charge in [0.2, 0.25) is 0 Å². The smallest absolute Gasteiger partial charge is 0.277 e. The number of rotatable bonds is 10. The first-order valence-electron chi connectivity index (χ1n) is 12.3. The number of amides is 1. The lowest BCUT2D eigenvalue weighted by atomic mass is 10.1. The van der Waals surface area contributed by atoms with E-state index in [2.05, 4.69) is 10.5 Å². The first kappa shape index (κ1) is 25.8. The highest BCUT2D eigenvalue weighted by atomic mass is 35.5. The highest BCUT2D eigenvalue weighted by Crippen LogP contribution is 2.25. The number of nitrogens with one attached hydrogen (secondary N) is 1. The zero-order valence-corrected chi connectivity index (χ0v) is 21.7. The van der Waals surface area contributed by atoms with Gasteiger partial charge in [-0.15, -0.1) is 0 Å². The molecule has 0 unspecified atom stereocenters. The van der Waals surface area contributed by atoms with Gasteiger partial charge >= 0.3 is 0 Å². The normalized spacial score (nSPS) is 10.9. The number of aromatic nitrogens is 2. The largest absolute Gasteiger partial charge is 0.489 e. The number of carbonyl (C=O) groups excluding carboxylic acids is 1. The van der Waals surface area contributed by atoms with Crippen LogP contribution in [0, 0.1) is 0 Å². The number of halogens is 1. The van der Waals surface area contributed by atoms with Gasteiger partial charge in [-0.25, -0.2) is 10.1 Å². The Kier molecular flexibility index (Phi) is 8.31. The van der Waals surface area contributed by atoms with Crippen molar-refractivity contribution in [2.45, 2.75) is 6.61 Å². The molecule has 194 valence electrons. The van der Waals surface area contributed by atoms with Crippen LogP contribution in [0.3, 0.4) is 0 Å². The monoisotopic (exact) mass is 536 g/mol. The fourth-order valence-corrected chi connectivity index (χ4v) is 3.88. The fraction of sp³-hybridized carbons (Fsp3) is 0.0645. The molecule has 1 N–H and O–H groups in total. The lowest BCUT2D eigenvalue weighted by Crippen LogP contribution is -2.24. The Hall–Kier alpha value is -4.88. The van der Waals surface area contributed by atoms with E-state index in [1.807, 2.05) is 91.1 Å². The van der Waals surface area contributed by atoms with E-state index >= 15 is 0 Å². The number of hydrazone groups is 1. The van der Waals surface area contributed by atoms with Crippen molar-refractivity contribution in [2.24, 2.45) is 5.10 Å². The number of carbonyl (C=O) groups is 1. The number of benzene rings is 4. The van der Waals surface area contributed by atoms with Gasteiger partial charge in [-0.1, -0.05) is 60.1 Å². The van der Waals surface area contributed by atoms with Crippen molar-refractivity contribution >= 4 is 23.7 Å². The molecule has 4 aromatic carbocycles. The van der Waals surface area contributed by atoms with Crippen LogP contribution in [0.25, 0.3) is 16.9 Å². The van der Waals surface area contributed by atoms with Gasteiger partial charge in [-0.3, -0.25) is 4.79 Å². The fourth-order valence-electron chi connectivity index (χ4n) is 3.75. The maximum atomic E-state index is 12.2. The molecule has 5 rings (SSSR count). The Morgan fingerprint density at radius 3 is 2.21 bits per heavy atom. The summed E-state index contributed by atoms with van der Waals surface area (Å²) in [6.07, 6.45) is 3.44. The van der Waals surface area contributed by atoms with E-state index in [1.54, 1.807) is 35.2 Å². The Morgan fingerprint density at radius 2 is 1.49 bits per heavy atom. The molecule has 0 bridgehead atoms. The van der Waals surface area contributed by atoms with Gasteiger partial charge in [-0.05, 0) is 66.2 Å². The first-order valence-corrected chi connectivity index (χ1v) is 12.6. The second-order valence-electron chi connectivity index (χ2n) is 8.55. The van der Waals surface area contributed by atoms with Crippen molar-refractivity contribution in [3.05, 3.63) is 132 Å². The predicted octanol–water partition coefficient (Wildman–Crippen LogP) is 6.30. The zero-order chi connectivity index (χ0) is 26.9. The lowest BCUT2D eigenvalue weighted by Gasteiger charge is -2.07. The summed E-state index contributed by atoms with van der Waals surface area (Å²) in [6.45, 7) is 0.307. The molecule has 0 atom stereocenters. The summed E-state index contributed by atoms with van der Waals surface area (Å²) in [6, 6.07) is 34.3. The Morgan fingerprint density at radius 1 is 0.846 bits per heavy atom. The van der Waals surface area contributed by atoms with Gasteiger partial charge in [0.15, 0.2) is 6.61 Å². The van der Waals surface area contributed by atoms with Crippen molar-refractivity contribution in [1.29, 1.82) is 0 Å². The second kappa shape index (κ2) is 12.6. The number of hydrogen-bond donors (Lipinski definition) is 1. The number of hydrogen-bond acceptors (Lipinski definition) is 5. The summed E-state index contributed by atoms with van der Waals surface area (Å²) in [7, 11) is 0. The molecule has 0 fully saturated rings. The first-order chi connectivity index (χ1) is 19.1. The van der Waals surface area contributed by atoms with Crippen LogP contribution >= 0.6 is 11.6 Å². The molecule has 0 saturated heterocycles. The van der Waals surface area contributed by atoms with Crippen molar-refractivity contribution in [3.8, 4) is 28.4 Å². The highest BCUT2D eigenvalue weighted by Gasteiger charge is 2.12. The van der Waals surface area contributed by atoms with Crippen LogP contribution in [-0.4, -0.2) is 28.5 Å². The standard InChI is InChI=1S/C31H25ClN4O3/c32-26-13-17-29(18-14-26)39-22-30(37)34-33-19-25-20-36(27-9-5-2-6-10-27)35-31(25)24-11-15-28(16-12-24)38-21-23-7-3-1-4-8-23/h1-20H,21-22H2,(H,34,37). The number of nitrogens with zero attached hydrogens (tertiary/aromatic N) is 3. The van der Waals surface area contributed by atoms with E-state index in [0.717, 1.165) is 28.1 Å². The van der Waals surface area contributed by atoms with E-state index in [4.69, 9.17) is 26.2 Å². The van der Waals surface area contributed by atoms with Crippen molar-refractivity contribution in [1.82, 2.24) is 15.2 Å². The van der Waals surface area contributed by atoms with Gasteiger partial charge in [0.05, 0.1) is 11.9 Å². The summed E-state index contributed by atoms with van der Waals surface area (Å²) < 4.78 is 13.2. The number of ether oxygens (including phenoxy) is 2. The van der Waals surface area contributed by atoms with Crippen LogP contribution in [0.1, 0.15) is 11.1 Å². The van der Waals surface area contributed by atoms with Gasteiger partial charge in [-0.2, -0.15) is 10.2 Å². The minimum absolute atomic E-state index is 0.181. The topological polar surface area (TPSA) is 77.7 Å². The minimum atomic E-state index is -0.391. The molecular formula is C31H25ClN4O3. The van der Waals surface area contributed by atoms with Crippen molar-refractivity contribution in [2.75, 3.05) is 6.61 Å². The molecule has 7 nitrogen and oxygen atoms in total. The van der Waals surface area contributed by atoms with Gasteiger partial charge in [0.25, 0.3) is 5.91 Å². The summed E-state index contributed by atoms with van der Waals surface area (Å²) in [5, 5.41) is 9.52. The van der Waals surface area contributed by atoms with E-state index in [0.29, 0.717) is 23.1 Å². The minimum Gasteiger partial charge on any atom is -0.489 e. The molecule has 0 aliphatic heterocycles. The molecule has 0 radical (unpaired) electrons. The maximum absolute atomic E-state index is 12.2. The van der Waals surface area contributed by atoms with Crippen LogP contribution in [-0.2, 0) is 11.4 Å². The van der Waals surface area contributed by atoms with Crippen LogP contribution in [0.2, 0.25) is 5.02 Å². The highest BCUT2D eigenvalue weighted by molar-refractivity contribution is 6.30. The summed E-state index contributed by atoms with van der Waals surface area (Å²) in [5.74, 6) is 0.910. The third-order valence-electron chi connectivity index (χ3n) is 5.72. The average molecular weight is 537 g/mol. The summed E-state index contributed by atoms with van der Waals surface area (Å²) in [4.78, 5) is 12.2. The quantitative estimate of drug-likeness (QED) is 0.168. The Bertz CT molecular complexity index is 1540. The maximum Gasteiger partial charge on any atom is 0.277 e. The van der Waals surface area contributed by atoms with Crippen LogP contribution in [0.4, 0.5) is 0 Å². The van der Waals surface area contributed by atoms with E-state index in [9.17, 15) is 4.79 Å². The van der Waals surface area contributed by atoms with E-state index < -0.39 is 5.91 Å². The van der Waals surface area contributed by atoms with Crippen LogP contribution in [0.15, 0.2) is 120 Å². The molecule has 0 aliphatic rings. The van der Waals surface area contributed by atoms with Crippen LogP contribution < -0.4 is 14.9 Å². The molecule has 1 amide bonds. The van der Waals surface area contributed by atoms with Crippen molar-refractivity contribution < 1.29 is 14.3 Å². The Labute approximate surface area is 231 Å². The molecule has 0 aliphatic carbocycles. The van der Waals surface area contributed by atoms with E-state index in [-0.39, 0.29) is 6.61 Å². The Balaban J connectivity index is 1.29. The molecule has 0 spiro atoms.